The van der Waals surface area contributed by atoms with Gasteiger partial charge in [0.2, 0.25) is 5.91 Å². The maximum atomic E-state index is 12.4. The van der Waals surface area contributed by atoms with E-state index in [9.17, 15) is 14.4 Å². The van der Waals surface area contributed by atoms with E-state index in [0.717, 1.165) is 16.0 Å². The van der Waals surface area contributed by atoms with E-state index < -0.39 is 17.7 Å². The molecule has 0 spiro atoms. The van der Waals surface area contributed by atoms with Gasteiger partial charge in [-0.2, -0.15) is 0 Å². The number of nitrogens with zero attached hydrogens (tertiary/aromatic N) is 1. The molecule has 0 saturated heterocycles. The molecule has 1 unspecified atom stereocenters. The van der Waals surface area contributed by atoms with Gasteiger partial charge in [0.25, 0.3) is 11.8 Å². The number of rotatable bonds is 5. The first-order valence-corrected chi connectivity index (χ1v) is 8.31. The zero-order chi connectivity index (χ0) is 18.8. The Balaban J connectivity index is 1.71. The summed E-state index contributed by atoms with van der Waals surface area (Å²) < 4.78 is 5.34. The molecule has 0 saturated carbocycles. The molecule has 3 rings (SSSR count). The Bertz CT molecular complexity index is 856. The van der Waals surface area contributed by atoms with E-state index in [1.807, 2.05) is 32.0 Å². The lowest BCUT2D eigenvalue weighted by atomic mass is 10.0. The fourth-order valence-corrected chi connectivity index (χ4v) is 3.08. The number of hydrogen-bond donors (Lipinski definition) is 1. The second kappa shape index (κ2) is 7.00. The molecule has 2 aromatic carbocycles. The lowest BCUT2D eigenvalue weighted by Gasteiger charge is -2.20. The minimum Gasteiger partial charge on any atom is -0.496 e. The van der Waals surface area contributed by atoms with Crippen LogP contribution in [0, 0.1) is 6.92 Å². The number of amides is 3. The molecular weight excluding hydrogens is 332 g/mol. The molecule has 6 heteroatoms. The zero-order valence-electron chi connectivity index (χ0n) is 14.9. The van der Waals surface area contributed by atoms with Crippen molar-refractivity contribution in [2.45, 2.75) is 19.9 Å². The van der Waals surface area contributed by atoms with Crippen molar-refractivity contribution in [2.24, 2.45) is 0 Å². The predicted molar refractivity (Wildman–Crippen MR) is 96.1 cm³/mol. The van der Waals surface area contributed by atoms with E-state index in [1.54, 1.807) is 31.4 Å². The van der Waals surface area contributed by atoms with Gasteiger partial charge in [-0.05, 0) is 32.0 Å². The number of ether oxygens (including phenoxy) is 1. The van der Waals surface area contributed by atoms with E-state index in [1.165, 1.54) is 0 Å². The maximum Gasteiger partial charge on any atom is 0.262 e. The Kier molecular flexibility index (Phi) is 4.75. The largest absolute Gasteiger partial charge is 0.496 e. The number of carbonyl (C=O) groups excluding carboxylic acids is 3. The summed E-state index contributed by atoms with van der Waals surface area (Å²) in [5, 5.41) is 2.83. The summed E-state index contributed by atoms with van der Waals surface area (Å²) in [5.74, 6) is -0.622. The van der Waals surface area contributed by atoms with Crippen LogP contribution in [0.25, 0.3) is 0 Å². The first-order chi connectivity index (χ1) is 12.4. The average molecular weight is 352 g/mol. The SMILES string of the molecule is COc1ccc(C)cc1C(C)NC(=O)CN1C(=O)c2ccccc2C1=O. The number of methoxy groups -OCH3 is 1. The second-order valence-corrected chi connectivity index (χ2v) is 6.28. The number of aryl methyl sites for hydroxylation is 1. The van der Waals surface area contributed by atoms with Crippen LogP contribution in [-0.2, 0) is 4.79 Å². The molecular formula is C20H20N2O4. The number of hydrogen-bond acceptors (Lipinski definition) is 4. The number of imide groups is 1. The molecule has 0 radical (unpaired) electrons. The summed E-state index contributed by atoms with van der Waals surface area (Å²) in [7, 11) is 1.57. The van der Waals surface area contributed by atoms with Crippen LogP contribution in [-0.4, -0.2) is 36.3 Å². The van der Waals surface area contributed by atoms with Gasteiger partial charge in [-0.15, -0.1) is 0 Å². The maximum absolute atomic E-state index is 12.4. The first-order valence-electron chi connectivity index (χ1n) is 8.31. The fraction of sp³-hybridized carbons (Fsp3) is 0.250. The third kappa shape index (κ3) is 3.18. The van der Waals surface area contributed by atoms with Crippen LogP contribution >= 0.6 is 0 Å². The second-order valence-electron chi connectivity index (χ2n) is 6.28. The molecule has 2 aromatic rings. The lowest BCUT2D eigenvalue weighted by molar-refractivity contribution is -0.122. The molecule has 0 fully saturated rings. The Labute approximate surface area is 151 Å². The van der Waals surface area contributed by atoms with E-state index in [2.05, 4.69) is 5.32 Å². The van der Waals surface area contributed by atoms with E-state index in [0.29, 0.717) is 16.9 Å². The summed E-state index contributed by atoms with van der Waals surface area (Å²) >= 11 is 0. The predicted octanol–water partition coefficient (Wildman–Crippen LogP) is 2.48. The van der Waals surface area contributed by atoms with Crippen molar-refractivity contribution >= 4 is 17.7 Å². The van der Waals surface area contributed by atoms with Gasteiger partial charge >= 0.3 is 0 Å². The molecule has 3 amide bonds. The molecule has 1 heterocycles. The average Bonchev–Trinajstić information content (AvgIpc) is 2.87. The third-order valence-corrected chi connectivity index (χ3v) is 4.41. The zero-order valence-corrected chi connectivity index (χ0v) is 14.9. The van der Waals surface area contributed by atoms with E-state index >= 15 is 0 Å². The molecule has 134 valence electrons. The Morgan fingerprint density at radius 3 is 2.31 bits per heavy atom. The van der Waals surface area contributed by atoms with Crippen molar-refractivity contribution in [3.8, 4) is 5.75 Å². The summed E-state index contributed by atoms with van der Waals surface area (Å²) in [6.45, 7) is 3.47. The quantitative estimate of drug-likeness (QED) is 0.839. The molecule has 0 bridgehead atoms. The van der Waals surface area contributed by atoms with Crippen molar-refractivity contribution in [3.63, 3.8) is 0 Å². The molecule has 26 heavy (non-hydrogen) atoms. The van der Waals surface area contributed by atoms with E-state index in [4.69, 9.17) is 4.74 Å². The molecule has 0 aromatic heterocycles. The summed E-state index contributed by atoms with van der Waals surface area (Å²) in [6, 6.07) is 12.0. The molecule has 1 aliphatic heterocycles. The van der Waals surface area contributed by atoms with Crippen LogP contribution < -0.4 is 10.1 Å². The Morgan fingerprint density at radius 1 is 1.12 bits per heavy atom. The van der Waals surface area contributed by atoms with Gasteiger partial charge < -0.3 is 10.1 Å². The van der Waals surface area contributed by atoms with Gasteiger partial charge in [-0.1, -0.05) is 29.8 Å². The summed E-state index contributed by atoms with van der Waals surface area (Å²) in [5.41, 5.74) is 2.54. The Morgan fingerprint density at radius 2 is 1.73 bits per heavy atom. The first kappa shape index (κ1) is 17.7. The molecule has 1 N–H and O–H groups in total. The number of carbonyl (C=O) groups is 3. The summed E-state index contributed by atoms with van der Waals surface area (Å²) in [4.78, 5) is 38.1. The highest BCUT2D eigenvalue weighted by molar-refractivity contribution is 6.22. The highest BCUT2D eigenvalue weighted by Gasteiger charge is 2.36. The molecule has 6 nitrogen and oxygen atoms in total. The van der Waals surface area contributed by atoms with Crippen LogP contribution in [0.1, 0.15) is 44.8 Å². The van der Waals surface area contributed by atoms with Crippen LogP contribution in [0.15, 0.2) is 42.5 Å². The van der Waals surface area contributed by atoms with Crippen molar-refractivity contribution in [3.05, 3.63) is 64.7 Å². The van der Waals surface area contributed by atoms with Gasteiger partial charge in [-0.3, -0.25) is 19.3 Å². The smallest absolute Gasteiger partial charge is 0.262 e. The highest BCUT2D eigenvalue weighted by atomic mass is 16.5. The van der Waals surface area contributed by atoms with Crippen LogP contribution in [0.2, 0.25) is 0 Å². The van der Waals surface area contributed by atoms with Gasteiger partial charge in [0.15, 0.2) is 0 Å². The minimum absolute atomic E-state index is 0.315. The topological polar surface area (TPSA) is 75.7 Å². The molecule has 1 atom stereocenters. The van der Waals surface area contributed by atoms with Crippen molar-refractivity contribution < 1.29 is 19.1 Å². The molecule has 1 aliphatic rings. The number of nitrogens with one attached hydrogen (secondary N) is 1. The van der Waals surface area contributed by atoms with Crippen LogP contribution in [0.4, 0.5) is 0 Å². The van der Waals surface area contributed by atoms with Crippen LogP contribution in [0.3, 0.4) is 0 Å². The monoisotopic (exact) mass is 352 g/mol. The summed E-state index contributed by atoms with van der Waals surface area (Å²) in [6.07, 6.45) is 0. The highest BCUT2D eigenvalue weighted by Crippen LogP contribution is 2.26. The van der Waals surface area contributed by atoms with Crippen LogP contribution in [0.5, 0.6) is 5.75 Å². The fourth-order valence-electron chi connectivity index (χ4n) is 3.08. The Hall–Kier alpha value is -3.15. The van der Waals surface area contributed by atoms with Crippen molar-refractivity contribution in [1.29, 1.82) is 0 Å². The van der Waals surface area contributed by atoms with Crippen molar-refractivity contribution in [2.75, 3.05) is 13.7 Å². The number of fused-ring (bicyclic) bond motifs is 1. The standard InChI is InChI=1S/C20H20N2O4/c1-12-8-9-17(26-3)16(10-12)13(2)21-18(23)11-22-19(24)14-6-4-5-7-15(14)20(22)25/h4-10,13H,11H2,1-3H3,(H,21,23). The van der Waals surface area contributed by atoms with Gasteiger partial charge in [0.1, 0.15) is 12.3 Å². The normalized spacial score (nSPS) is 14.2. The molecule has 0 aliphatic carbocycles. The van der Waals surface area contributed by atoms with E-state index in [-0.39, 0.29) is 12.6 Å². The van der Waals surface area contributed by atoms with Gasteiger partial charge in [0.05, 0.1) is 24.3 Å². The lowest BCUT2D eigenvalue weighted by Crippen LogP contribution is -2.41. The van der Waals surface area contributed by atoms with Gasteiger partial charge in [0, 0.05) is 5.56 Å². The number of benzene rings is 2. The minimum atomic E-state index is -0.443. The van der Waals surface area contributed by atoms with Gasteiger partial charge in [-0.25, -0.2) is 0 Å². The van der Waals surface area contributed by atoms with Crippen molar-refractivity contribution in [1.82, 2.24) is 10.2 Å². The third-order valence-electron chi connectivity index (χ3n) is 4.41.